The molecule has 1 aliphatic carbocycles. The Kier molecular flexibility index (Phi) is 3.21. The van der Waals surface area contributed by atoms with Crippen molar-refractivity contribution >= 4 is 0 Å². The first-order valence-electron chi connectivity index (χ1n) is 6.18. The first-order chi connectivity index (χ1) is 7.95. The Hall–Kier alpha value is -0.960. The lowest BCUT2D eigenvalue weighted by Crippen LogP contribution is -2.48. The summed E-state index contributed by atoms with van der Waals surface area (Å²) in [6.07, 6.45) is 2.65. The summed E-state index contributed by atoms with van der Waals surface area (Å²) in [6.45, 7) is 4.07. The third kappa shape index (κ3) is 2.08. The average molecular weight is 239 g/mol. The van der Waals surface area contributed by atoms with Gasteiger partial charge in [0.1, 0.15) is 11.6 Å². The number of nitrogens with two attached hydrogens (primary N) is 1. The Morgan fingerprint density at radius 3 is 2.35 bits per heavy atom. The summed E-state index contributed by atoms with van der Waals surface area (Å²) in [7, 11) is 0. The summed E-state index contributed by atoms with van der Waals surface area (Å²) in [5.74, 6) is -0.526. The standard InChI is InChI=1S/C14H19F2N/c1-9-6-7-10(2)14(17,8-9)13-11(15)4-3-5-12(13)16/h3-5,9-10H,6-8,17H2,1-2H3. The molecule has 0 saturated heterocycles. The number of rotatable bonds is 1. The second kappa shape index (κ2) is 4.37. The van der Waals surface area contributed by atoms with Crippen LogP contribution in [-0.4, -0.2) is 0 Å². The zero-order chi connectivity index (χ0) is 12.6. The van der Waals surface area contributed by atoms with E-state index in [1.165, 1.54) is 18.2 Å². The van der Waals surface area contributed by atoms with E-state index in [4.69, 9.17) is 5.73 Å². The van der Waals surface area contributed by atoms with Gasteiger partial charge in [-0.05, 0) is 36.8 Å². The van der Waals surface area contributed by atoms with Crippen LogP contribution < -0.4 is 5.73 Å². The lowest BCUT2D eigenvalue weighted by molar-refractivity contribution is 0.153. The van der Waals surface area contributed by atoms with Crippen LogP contribution in [0.25, 0.3) is 0 Å². The number of halogens is 2. The molecule has 1 aliphatic rings. The van der Waals surface area contributed by atoms with Crippen molar-refractivity contribution in [3.8, 4) is 0 Å². The first kappa shape index (κ1) is 12.5. The smallest absolute Gasteiger partial charge is 0.131 e. The van der Waals surface area contributed by atoms with Gasteiger partial charge in [0, 0.05) is 11.1 Å². The molecule has 0 heterocycles. The van der Waals surface area contributed by atoms with E-state index in [1.807, 2.05) is 6.92 Å². The molecule has 0 radical (unpaired) electrons. The Labute approximate surface area is 101 Å². The molecule has 94 valence electrons. The molecule has 17 heavy (non-hydrogen) atoms. The molecule has 1 nitrogen and oxygen atoms in total. The van der Waals surface area contributed by atoms with E-state index in [9.17, 15) is 8.78 Å². The van der Waals surface area contributed by atoms with Crippen molar-refractivity contribution in [3.05, 3.63) is 35.4 Å². The van der Waals surface area contributed by atoms with Gasteiger partial charge in [0.15, 0.2) is 0 Å². The molecule has 1 aromatic carbocycles. The SMILES string of the molecule is CC1CCC(C)C(N)(c2c(F)cccc2F)C1. The van der Waals surface area contributed by atoms with E-state index in [2.05, 4.69) is 6.92 Å². The Morgan fingerprint density at radius 2 is 1.76 bits per heavy atom. The van der Waals surface area contributed by atoms with E-state index in [1.54, 1.807) is 0 Å². The van der Waals surface area contributed by atoms with Crippen LogP contribution >= 0.6 is 0 Å². The maximum absolute atomic E-state index is 13.9. The summed E-state index contributed by atoms with van der Waals surface area (Å²) >= 11 is 0. The Bertz CT molecular complexity index is 398. The first-order valence-corrected chi connectivity index (χ1v) is 6.18. The minimum absolute atomic E-state index is 0.0686. The fraction of sp³-hybridized carbons (Fsp3) is 0.571. The van der Waals surface area contributed by atoms with Crippen LogP contribution in [0.1, 0.15) is 38.7 Å². The van der Waals surface area contributed by atoms with Crippen molar-refractivity contribution in [2.75, 3.05) is 0 Å². The van der Waals surface area contributed by atoms with Gasteiger partial charge in [-0.3, -0.25) is 0 Å². The number of benzene rings is 1. The van der Waals surface area contributed by atoms with Crippen LogP contribution in [0.5, 0.6) is 0 Å². The molecule has 0 aromatic heterocycles. The van der Waals surface area contributed by atoms with Gasteiger partial charge in [0.2, 0.25) is 0 Å². The Morgan fingerprint density at radius 1 is 1.18 bits per heavy atom. The van der Waals surface area contributed by atoms with Crippen LogP contribution in [0.4, 0.5) is 8.78 Å². The second-order valence-electron chi connectivity index (χ2n) is 5.42. The summed E-state index contributed by atoms with van der Waals surface area (Å²) in [5, 5.41) is 0. The van der Waals surface area contributed by atoms with Crippen LogP contribution in [0.15, 0.2) is 18.2 Å². The predicted octanol–water partition coefficient (Wildman–Crippen LogP) is 3.57. The van der Waals surface area contributed by atoms with E-state index in [-0.39, 0.29) is 11.5 Å². The summed E-state index contributed by atoms with van der Waals surface area (Å²) in [4.78, 5) is 0. The van der Waals surface area contributed by atoms with Gasteiger partial charge in [-0.25, -0.2) is 8.78 Å². The van der Waals surface area contributed by atoms with Crippen molar-refractivity contribution < 1.29 is 8.78 Å². The van der Waals surface area contributed by atoms with Gasteiger partial charge in [-0.2, -0.15) is 0 Å². The highest BCUT2D eigenvalue weighted by Gasteiger charge is 2.42. The highest BCUT2D eigenvalue weighted by atomic mass is 19.1. The zero-order valence-corrected chi connectivity index (χ0v) is 10.3. The molecule has 2 N–H and O–H groups in total. The maximum atomic E-state index is 13.9. The van der Waals surface area contributed by atoms with Crippen molar-refractivity contribution in [3.63, 3.8) is 0 Å². The van der Waals surface area contributed by atoms with Gasteiger partial charge in [-0.15, -0.1) is 0 Å². The van der Waals surface area contributed by atoms with Crippen molar-refractivity contribution in [1.82, 2.24) is 0 Å². The quantitative estimate of drug-likeness (QED) is 0.796. The highest BCUT2D eigenvalue weighted by molar-refractivity contribution is 5.29. The molecular formula is C14H19F2N. The average Bonchev–Trinajstić information content (AvgIpc) is 2.23. The van der Waals surface area contributed by atoms with Crippen LogP contribution in [0, 0.1) is 23.5 Å². The fourth-order valence-electron chi connectivity index (χ4n) is 2.96. The molecule has 0 spiro atoms. The molecule has 1 saturated carbocycles. The minimum Gasteiger partial charge on any atom is -0.321 e. The van der Waals surface area contributed by atoms with Crippen molar-refractivity contribution in [2.45, 2.75) is 38.6 Å². The van der Waals surface area contributed by atoms with Gasteiger partial charge in [0.25, 0.3) is 0 Å². The van der Waals surface area contributed by atoms with Gasteiger partial charge in [0.05, 0.1) is 0 Å². The third-order valence-corrected chi connectivity index (χ3v) is 4.09. The van der Waals surface area contributed by atoms with Crippen LogP contribution in [-0.2, 0) is 5.54 Å². The molecule has 3 atom stereocenters. The van der Waals surface area contributed by atoms with Crippen LogP contribution in [0.3, 0.4) is 0 Å². The van der Waals surface area contributed by atoms with E-state index in [0.717, 1.165) is 12.8 Å². The van der Waals surface area contributed by atoms with Gasteiger partial charge >= 0.3 is 0 Å². The summed E-state index contributed by atoms with van der Waals surface area (Å²) in [6, 6.07) is 3.96. The molecule has 0 amide bonds. The van der Waals surface area contributed by atoms with Crippen LogP contribution in [0.2, 0.25) is 0 Å². The van der Waals surface area contributed by atoms with Crippen molar-refractivity contribution in [1.29, 1.82) is 0 Å². The number of hydrogen-bond donors (Lipinski definition) is 1. The summed E-state index contributed by atoms with van der Waals surface area (Å²) < 4.78 is 27.7. The normalized spacial score (nSPS) is 33.7. The molecule has 3 heteroatoms. The van der Waals surface area contributed by atoms with Crippen molar-refractivity contribution in [2.24, 2.45) is 17.6 Å². The lowest BCUT2D eigenvalue weighted by Gasteiger charge is -2.42. The third-order valence-electron chi connectivity index (χ3n) is 4.09. The molecule has 2 rings (SSSR count). The molecule has 0 aliphatic heterocycles. The zero-order valence-electron chi connectivity index (χ0n) is 10.3. The van der Waals surface area contributed by atoms with Gasteiger partial charge in [-0.1, -0.05) is 26.3 Å². The summed E-state index contributed by atoms with van der Waals surface area (Å²) in [5.41, 5.74) is 5.54. The minimum atomic E-state index is -0.868. The number of hydrogen-bond acceptors (Lipinski definition) is 1. The van der Waals surface area contributed by atoms with E-state index in [0.29, 0.717) is 12.3 Å². The van der Waals surface area contributed by atoms with Gasteiger partial charge < -0.3 is 5.73 Å². The molecular weight excluding hydrogens is 220 g/mol. The van der Waals surface area contributed by atoms with E-state index >= 15 is 0 Å². The highest BCUT2D eigenvalue weighted by Crippen LogP contribution is 2.43. The lowest BCUT2D eigenvalue weighted by atomic mass is 9.67. The largest absolute Gasteiger partial charge is 0.321 e. The molecule has 3 unspecified atom stereocenters. The Balaban J connectivity index is 2.49. The fourth-order valence-corrected chi connectivity index (χ4v) is 2.96. The predicted molar refractivity (Wildman–Crippen MR) is 64.4 cm³/mol. The second-order valence-corrected chi connectivity index (χ2v) is 5.42. The van der Waals surface area contributed by atoms with E-state index < -0.39 is 17.2 Å². The molecule has 1 fully saturated rings. The molecule has 0 bridgehead atoms. The maximum Gasteiger partial charge on any atom is 0.131 e. The molecule has 1 aromatic rings. The monoisotopic (exact) mass is 239 g/mol. The topological polar surface area (TPSA) is 26.0 Å².